The van der Waals surface area contributed by atoms with Gasteiger partial charge in [0.05, 0.1) is 19.2 Å². The second kappa shape index (κ2) is 7.63. The number of anilines is 1. The Morgan fingerprint density at radius 2 is 2.00 bits per heavy atom. The van der Waals surface area contributed by atoms with Gasteiger partial charge in [0.15, 0.2) is 0 Å². The van der Waals surface area contributed by atoms with Crippen molar-refractivity contribution in [3.8, 4) is 11.5 Å². The van der Waals surface area contributed by atoms with Crippen LogP contribution in [0.1, 0.15) is 29.6 Å². The van der Waals surface area contributed by atoms with E-state index in [-0.39, 0.29) is 17.8 Å². The topological polar surface area (TPSA) is 61.2 Å². The fourth-order valence-electron chi connectivity index (χ4n) is 3.42. The van der Waals surface area contributed by atoms with Gasteiger partial charge in [-0.3, -0.25) is 0 Å². The lowest BCUT2D eigenvalue weighted by Crippen LogP contribution is -2.28. The fourth-order valence-corrected chi connectivity index (χ4v) is 3.60. The van der Waals surface area contributed by atoms with E-state index < -0.39 is 6.61 Å². The van der Waals surface area contributed by atoms with Crippen molar-refractivity contribution in [2.45, 2.75) is 25.1 Å². The minimum Gasteiger partial charge on any atom is -0.497 e. The molecule has 0 aliphatic carbocycles. The molecule has 0 saturated carbocycles. The number of benzene rings is 2. The van der Waals surface area contributed by atoms with Gasteiger partial charge in [0, 0.05) is 10.6 Å². The minimum atomic E-state index is -2.94. The second-order valence-corrected chi connectivity index (χ2v) is 6.75. The summed E-state index contributed by atoms with van der Waals surface area (Å²) in [5, 5.41) is 8.02. The molecule has 2 aromatic carbocycles. The van der Waals surface area contributed by atoms with Gasteiger partial charge in [-0.05, 0) is 42.3 Å². The Morgan fingerprint density at radius 1 is 1.21 bits per heavy atom. The van der Waals surface area contributed by atoms with E-state index in [0.29, 0.717) is 23.0 Å². The van der Waals surface area contributed by atoms with Crippen LogP contribution in [-0.4, -0.2) is 28.5 Å². The average Bonchev–Trinajstić information content (AvgIpc) is 3.17. The molecular formula is C19H17ClF2N4O2. The summed E-state index contributed by atoms with van der Waals surface area (Å²) < 4.78 is 37.4. The van der Waals surface area contributed by atoms with Gasteiger partial charge >= 0.3 is 6.61 Å². The Kier molecular flexibility index (Phi) is 5.04. The average molecular weight is 407 g/mol. The van der Waals surface area contributed by atoms with Crippen LogP contribution >= 0.6 is 11.6 Å². The third kappa shape index (κ3) is 3.60. The first-order valence-corrected chi connectivity index (χ1v) is 8.97. The number of alkyl halides is 2. The highest BCUT2D eigenvalue weighted by Crippen LogP contribution is 2.41. The lowest BCUT2D eigenvalue weighted by atomic mass is 9.93. The van der Waals surface area contributed by atoms with Crippen molar-refractivity contribution in [3.63, 3.8) is 0 Å². The minimum absolute atomic E-state index is 0.0706. The summed E-state index contributed by atoms with van der Waals surface area (Å²) in [7, 11) is 1.61. The Morgan fingerprint density at radius 3 is 2.71 bits per heavy atom. The van der Waals surface area contributed by atoms with Crippen molar-refractivity contribution in [2.75, 3.05) is 12.4 Å². The highest BCUT2D eigenvalue weighted by Gasteiger charge is 2.32. The van der Waals surface area contributed by atoms with Crippen molar-refractivity contribution >= 4 is 17.5 Å². The number of nitrogens with one attached hydrogen (secondary N) is 1. The fraction of sp³-hybridized carbons (Fsp3) is 0.263. The molecule has 1 aliphatic heterocycles. The van der Waals surface area contributed by atoms with Crippen molar-refractivity contribution in [3.05, 3.63) is 64.9 Å². The maximum atomic E-state index is 12.9. The van der Waals surface area contributed by atoms with Gasteiger partial charge in [-0.25, -0.2) is 4.68 Å². The zero-order valence-corrected chi connectivity index (χ0v) is 15.6. The maximum Gasteiger partial charge on any atom is 0.387 e. The molecule has 0 saturated heterocycles. The Hall–Kier alpha value is -2.87. The van der Waals surface area contributed by atoms with Crippen LogP contribution in [0.3, 0.4) is 0 Å². The second-order valence-electron chi connectivity index (χ2n) is 6.31. The molecule has 0 radical (unpaired) electrons. The number of nitrogens with zero attached hydrogens (tertiary/aromatic N) is 3. The van der Waals surface area contributed by atoms with Crippen LogP contribution < -0.4 is 14.8 Å². The largest absolute Gasteiger partial charge is 0.497 e. The molecule has 2 heterocycles. The summed E-state index contributed by atoms with van der Waals surface area (Å²) >= 11 is 6.14. The number of hydrogen-bond donors (Lipinski definition) is 1. The molecule has 0 unspecified atom stereocenters. The predicted molar refractivity (Wildman–Crippen MR) is 100 cm³/mol. The molecule has 3 aromatic rings. The number of aromatic nitrogens is 3. The van der Waals surface area contributed by atoms with Crippen molar-refractivity contribution in [1.29, 1.82) is 0 Å². The highest BCUT2D eigenvalue weighted by atomic mass is 35.5. The summed E-state index contributed by atoms with van der Waals surface area (Å²) in [5.41, 5.74) is 1.54. The molecule has 0 bridgehead atoms. The first-order valence-electron chi connectivity index (χ1n) is 8.59. The quantitative estimate of drug-likeness (QED) is 0.666. The van der Waals surface area contributed by atoms with Gasteiger partial charge in [0.1, 0.15) is 17.8 Å². The molecule has 6 nitrogen and oxygen atoms in total. The molecule has 0 spiro atoms. The van der Waals surface area contributed by atoms with Crippen LogP contribution in [0.5, 0.6) is 11.5 Å². The number of rotatable bonds is 5. The standard InChI is InChI=1S/C19H17ClF2N4O2/c1-27-13-5-2-11(3-6-13)15-9-16(26-19(25-15)23-10-24-26)14-8-12(20)4-7-17(14)28-18(21)22/h2-8,10,15-16,18H,9H2,1H3,(H,23,24,25)/t15-,16+/m0/s1. The zero-order valence-electron chi connectivity index (χ0n) is 14.8. The van der Waals surface area contributed by atoms with Gasteiger partial charge < -0.3 is 14.8 Å². The van der Waals surface area contributed by atoms with Gasteiger partial charge in [0.2, 0.25) is 5.95 Å². The number of methoxy groups -OCH3 is 1. The maximum absolute atomic E-state index is 12.9. The molecular weight excluding hydrogens is 390 g/mol. The molecule has 1 aromatic heterocycles. The normalized spacial score (nSPS) is 18.5. The van der Waals surface area contributed by atoms with E-state index in [0.717, 1.165) is 11.3 Å². The summed E-state index contributed by atoms with van der Waals surface area (Å²) in [4.78, 5) is 4.25. The Bertz CT molecular complexity index is 965. The van der Waals surface area contributed by atoms with E-state index >= 15 is 0 Å². The number of fused-ring (bicyclic) bond motifs is 1. The third-order valence-electron chi connectivity index (χ3n) is 4.70. The van der Waals surface area contributed by atoms with Crippen molar-refractivity contribution < 1.29 is 18.3 Å². The first kappa shape index (κ1) is 18.5. The molecule has 1 N–H and O–H groups in total. The Labute approximate surface area is 165 Å². The molecule has 4 rings (SSSR count). The number of hydrogen-bond acceptors (Lipinski definition) is 5. The van der Waals surface area contributed by atoms with E-state index in [1.54, 1.807) is 17.9 Å². The van der Waals surface area contributed by atoms with E-state index in [4.69, 9.17) is 21.1 Å². The van der Waals surface area contributed by atoms with Crippen LogP contribution in [0.25, 0.3) is 0 Å². The van der Waals surface area contributed by atoms with Gasteiger partial charge in [-0.15, -0.1) is 0 Å². The molecule has 146 valence electrons. The summed E-state index contributed by atoms with van der Waals surface area (Å²) in [6.07, 6.45) is 1.96. The van der Waals surface area contributed by atoms with E-state index in [1.165, 1.54) is 18.5 Å². The predicted octanol–water partition coefficient (Wildman–Crippen LogP) is 4.69. The lowest BCUT2D eigenvalue weighted by Gasteiger charge is -2.32. The van der Waals surface area contributed by atoms with Crippen LogP contribution in [0.15, 0.2) is 48.8 Å². The molecule has 1 aliphatic rings. The Balaban J connectivity index is 1.73. The van der Waals surface area contributed by atoms with E-state index in [2.05, 4.69) is 15.4 Å². The molecule has 0 amide bonds. The molecule has 28 heavy (non-hydrogen) atoms. The molecule has 0 fully saturated rings. The lowest BCUT2D eigenvalue weighted by molar-refractivity contribution is -0.0507. The van der Waals surface area contributed by atoms with Crippen LogP contribution in [-0.2, 0) is 0 Å². The molecule has 9 heteroatoms. The van der Waals surface area contributed by atoms with Crippen LogP contribution in [0.2, 0.25) is 5.02 Å². The van der Waals surface area contributed by atoms with Crippen molar-refractivity contribution in [2.24, 2.45) is 0 Å². The first-order chi connectivity index (χ1) is 13.5. The number of ether oxygens (including phenoxy) is 2. The van der Waals surface area contributed by atoms with Crippen LogP contribution in [0, 0.1) is 0 Å². The SMILES string of the molecule is COc1ccc([C@@H]2C[C@H](c3cc(Cl)ccc3OC(F)F)n3ncnc3N2)cc1. The van der Waals surface area contributed by atoms with E-state index in [1.807, 2.05) is 24.3 Å². The van der Waals surface area contributed by atoms with E-state index in [9.17, 15) is 8.78 Å². The van der Waals surface area contributed by atoms with Crippen molar-refractivity contribution in [1.82, 2.24) is 14.8 Å². The van der Waals surface area contributed by atoms with Gasteiger partial charge in [0.25, 0.3) is 0 Å². The van der Waals surface area contributed by atoms with Gasteiger partial charge in [-0.2, -0.15) is 18.9 Å². The number of halogens is 3. The van der Waals surface area contributed by atoms with Gasteiger partial charge in [-0.1, -0.05) is 23.7 Å². The summed E-state index contributed by atoms with van der Waals surface area (Å²) in [6.45, 7) is -2.94. The monoisotopic (exact) mass is 406 g/mol. The van der Waals surface area contributed by atoms with Crippen LogP contribution in [0.4, 0.5) is 14.7 Å². The summed E-state index contributed by atoms with van der Waals surface area (Å²) in [5.74, 6) is 1.36. The third-order valence-corrected chi connectivity index (χ3v) is 4.93. The summed E-state index contributed by atoms with van der Waals surface area (Å²) in [6, 6.07) is 11.8. The smallest absolute Gasteiger partial charge is 0.387 e. The highest BCUT2D eigenvalue weighted by molar-refractivity contribution is 6.30. The molecule has 2 atom stereocenters. The zero-order chi connectivity index (χ0) is 19.7.